The van der Waals surface area contributed by atoms with Crippen LogP contribution in [0, 0.1) is 5.92 Å². The number of hydrogen-bond acceptors (Lipinski definition) is 6. The highest BCUT2D eigenvalue weighted by atomic mass is 32.3. The topological polar surface area (TPSA) is 86.8 Å². The molecule has 1 unspecified atom stereocenters. The van der Waals surface area contributed by atoms with Gasteiger partial charge >= 0.3 is 0 Å². The zero-order chi connectivity index (χ0) is 17.3. The van der Waals surface area contributed by atoms with E-state index < -0.39 is 16.0 Å². The van der Waals surface area contributed by atoms with Crippen molar-refractivity contribution in [2.45, 2.75) is 36.2 Å². The molecule has 1 aromatic heterocycles. The molecule has 3 aliphatic rings. The van der Waals surface area contributed by atoms with Gasteiger partial charge in [-0.15, -0.1) is 4.72 Å². The molecule has 0 saturated carbocycles. The number of ether oxygens (including phenoxy) is 2. The zero-order valence-corrected chi connectivity index (χ0v) is 15.1. The monoisotopic (exact) mass is 367 g/mol. The molecule has 8 heteroatoms. The Hall–Kier alpha value is -1.06. The molecule has 2 fully saturated rings. The predicted octanol–water partition coefficient (Wildman–Crippen LogP) is 1.23. The van der Waals surface area contributed by atoms with Crippen molar-refractivity contribution in [1.82, 2.24) is 14.6 Å². The number of pyridine rings is 1. The van der Waals surface area contributed by atoms with Crippen LogP contribution in [0.1, 0.15) is 25.7 Å². The third-order valence-corrected chi connectivity index (χ3v) is 6.96. The Labute approximate surface area is 149 Å². The van der Waals surface area contributed by atoms with Crippen LogP contribution in [-0.4, -0.2) is 59.4 Å². The molecule has 1 aromatic rings. The van der Waals surface area contributed by atoms with Gasteiger partial charge < -0.3 is 18.9 Å². The summed E-state index contributed by atoms with van der Waals surface area (Å²) < 4.78 is 39.1. The maximum absolute atomic E-state index is 12.4. The number of piperidine rings is 1. The Morgan fingerprint density at radius 3 is 2.88 bits per heavy atom. The van der Waals surface area contributed by atoms with Gasteiger partial charge in [-0.05, 0) is 24.8 Å². The van der Waals surface area contributed by atoms with Crippen molar-refractivity contribution < 1.29 is 18.2 Å². The van der Waals surface area contributed by atoms with E-state index in [2.05, 4.69) is 14.6 Å². The second kappa shape index (κ2) is 6.92. The Kier molecular flexibility index (Phi) is 4.81. The number of aromatic nitrogens is 1. The molecular weight excluding hydrogens is 342 g/mol. The van der Waals surface area contributed by atoms with Crippen LogP contribution in [0.2, 0.25) is 0 Å². The summed E-state index contributed by atoms with van der Waals surface area (Å²) in [5.74, 6) is 0.934. The van der Waals surface area contributed by atoms with Gasteiger partial charge in [-0.25, -0.2) is 4.98 Å². The van der Waals surface area contributed by atoms with Gasteiger partial charge in [-0.3, -0.25) is 0 Å². The minimum absolute atomic E-state index is 0.136. The number of sulfonamides is 1. The van der Waals surface area contributed by atoms with Crippen molar-refractivity contribution >= 4 is 10.4 Å². The summed E-state index contributed by atoms with van der Waals surface area (Å²) in [5, 5.41) is 0. The van der Waals surface area contributed by atoms with Crippen molar-refractivity contribution in [3.05, 3.63) is 18.3 Å². The standard InChI is InChI=1S/C17H25N3O4S/c21-25(22)15-2-1-7-18-16(15)24-17(13-19-25)5-8-20(9-6-17)12-14-3-10-23-11-4-14/h1-2,7,14H,3-6,8-13H2,(H-,19,21,22). The molecule has 138 valence electrons. The van der Waals surface area contributed by atoms with Gasteiger partial charge in [0.15, 0.2) is 10.4 Å². The minimum Gasteiger partial charge on any atom is -0.593 e. The molecule has 4 heterocycles. The first-order chi connectivity index (χ1) is 12.1. The summed E-state index contributed by atoms with van der Waals surface area (Å²) in [7, 11) is -3.56. The summed E-state index contributed by atoms with van der Waals surface area (Å²) >= 11 is 0. The van der Waals surface area contributed by atoms with Crippen molar-refractivity contribution in [2.75, 3.05) is 39.4 Å². The molecule has 2 saturated heterocycles. The summed E-state index contributed by atoms with van der Waals surface area (Å²) in [6.07, 6.45) is 5.45. The van der Waals surface area contributed by atoms with Gasteiger partial charge in [0.25, 0.3) is 5.88 Å². The van der Waals surface area contributed by atoms with E-state index in [0.29, 0.717) is 12.5 Å². The molecular formula is C17H25N3O4S. The number of fused-ring (bicyclic) bond motifs is 1. The Balaban J connectivity index is 1.43. The van der Waals surface area contributed by atoms with Crippen LogP contribution in [0.5, 0.6) is 5.88 Å². The molecule has 0 amide bonds. The van der Waals surface area contributed by atoms with Gasteiger partial charge in [-0.1, -0.05) is 4.21 Å². The zero-order valence-electron chi connectivity index (χ0n) is 14.3. The van der Waals surface area contributed by atoms with Crippen LogP contribution in [0.25, 0.3) is 0 Å². The maximum atomic E-state index is 12.4. The van der Waals surface area contributed by atoms with E-state index in [1.165, 1.54) is 0 Å². The molecule has 0 aromatic carbocycles. The largest absolute Gasteiger partial charge is 0.593 e. The van der Waals surface area contributed by atoms with E-state index in [4.69, 9.17) is 9.47 Å². The second-order valence-electron chi connectivity index (χ2n) is 7.27. The van der Waals surface area contributed by atoms with Crippen LogP contribution in [0.3, 0.4) is 0 Å². The lowest BCUT2D eigenvalue weighted by Gasteiger charge is -2.41. The molecule has 0 bridgehead atoms. The molecule has 3 aliphatic heterocycles. The fourth-order valence-electron chi connectivity index (χ4n) is 3.92. The highest BCUT2D eigenvalue weighted by Gasteiger charge is 2.44. The average Bonchev–Trinajstić information content (AvgIpc) is 2.74. The van der Waals surface area contributed by atoms with Gasteiger partial charge in [-0.2, -0.15) is 0 Å². The van der Waals surface area contributed by atoms with Gasteiger partial charge in [0, 0.05) is 58.0 Å². The molecule has 1 spiro atoms. The van der Waals surface area contributed by atoms with E-state index in [1.807, 2.05) is 0 Å². The molecule has 7 nitrogen and oxygen atoms in total. The molecule has 0 radical (unpaired) electrons. The normalized spacial score (nSPS) is 30.4. The average molecular weight is 367 g/mol. The fourth-order valence-corrected chi connectivity index (χ4v) is 5.11. The van der Waals surface area contributed by atoms with E-state index in [0.717, 1.165) is 58.5 Å². The van der Waals surface area contributed by atoms with Crippen molar-refractivity contribution in [2.24, 2.45) is 5.92 Å². The fraction of sp³-hybridized carbons (Fsp3) is 0.706. The van der Waals surface area contributed by atoms with Crippen molar-refractivity contribution in [1.29, 1.82) is 0 Å². The summed E-state index contributed by atoms with van der Waals surface area (Å²) in [5.41, 5.74) is -0.501. The first kappa shape index (κ1) is 17.4. The third-order valence-electron chi connectivity index (χ3n) is 5.55. The molecule has 4 rings (SSSR count). The molecule has 1 N–H and O–H groups in total. The predicted molar refractivity (Wildman–Crippen MR) is 91.9 cm³/mol. The highest BCUT2D eigenvalue weighted by molar-refractivity contribution is 7.95. The first-order valence-electron chi connectivity index (χ1n) is 9.00. The van der Waals surface area contributed by atoms with Crippen LogP contribution in [0.15, 0.2) is 23.2 Å². The minimum atomic E-state index is -3.56. The highest BCUT2D eigenvalue weighted by Crippen LogP contribution is 2.35. The lowest BCUT2D eigenvalue weighted by atomic mass is 9.90. The SMILES string of the molecule is O=[S+]1([O-])NCC2(CCN(CC3CCOCC3)CC2)Oc2ncccc21. The number of hydrogen-bond donors (Lipinski definition) is 1. The lowest BCUT2D eigenvalue weighted by Crippen LogP contribution is -2.54. The quantitative estimate of drug-likeness (QED) is 0.791. The maximum Gasteiger partial charge on any atom is 0.272 e. The molecule has 0 aliphatic carbocycles. The van der Waals surface area contributed by atoms with Crippen LogP contribution < -0.4 is 9.46 Å². The van der Waals surface area contributed by atoms with E-state index in [1.54, 1.807) is 18.3 Å². The molecule has 25 heavy (non-hydrogen) atoms. The summed E-state index contributed by atoms with van der Waals surface area (Å²) in [4.78, 5) is 6.78. The van der Waals surface area contributed by atoms with E-state index >= 15 is 0 Å². The number of nitrogens with one attached hydrogen (secondary N) is 1. The summed E-state index contributed by atoms with van der Waals surface area (Å²) in [6, 6.07) is 3.17. The third kappa shape index (κ3) is 3.73. The van der Waals surface area contributed by atoms with E-state index in [-0.39, 0.29) is 10.8 Å². The van der Waals surface area contributed by atoms with Crippen molar-refractivity contribution in [3.63, 3.8) is 0 Å². The van der Waals surface area contributed by atoms with Crippen LogP contribution in [-0.2, 0) is 19.3 Å². The van der Waals surface area contributed by atoms with Crippen LogP contribution in [0.4, 0.5) is 0 Å². The first-order valence-corrected chi connectivity index (χ1v) is 10.5. The summed E-state index contributed by atoms with van der Waals surface area (Å²) in [6.45, 7) is 4.98. The Morgan fingerprint density at radius 2 is 2.12 bits per heavy atom. The van der Waals surface area contributed by atoms with Crippen molar-refractivity contribution in [3.8, 4) is 5.88 Å². The Bertz CT molecular complexity index is 657. The number of nitrogens with zero attached hydrogens (tertiary/aromatic N) is 2. The van der Waals surface area contributed by atoms with Gasteiger partial charge in [0.2, 0.25) is 4.90 Å². The van der Waals surface area contributed by atoms with Gasteiger partial charge in [0.1, 0.15) is 5.60 Å². The number of likely N-dealkylation sites (tertiary alicyclic amines) is 1. The van der Waals surface area contributed by atoms with E-state index in [9.17, 15) is 8.76 Å². The van der Waals surface area contributed by atoms with Gasteiger partial charge in [0.05, 0.1) is 6.54 Å². The second-order valence-corrected chi connectivity index (χ2v) is 9.01. The molecule has 1 atom stereocenters. The van der Waals surface area contributed by atoms with Crippen LogP contribution >= 0.6 is 0 Å². The Morgan fingerprint density at radius 1 is 1.36 bits per heavy atom. The smallest absolute Gasteiger partial charge is 0.272 e. The number of rotatable bonds is 2. The lowest BCUT2D eigenvalue weighted by molar-refractivity contribution is -0.00950.